The summed E-state index contributed by atoms with van der Waals surface area (Å²) in [6.45, 7) is 0.405. The van der Waals surface area contributed by atoms with E-state index in [1.165, 1.54) is 0 Å². The summed E-state index contributed by atoms with van der Waals surface area (Å²) in [6, 6.07) is 5.13. The Morgan fingerprint density at radius 1 is 1.40 bits per heavy atom. The summed E-state index contributed by atoms with van der Waals surface area (Å²) < 4.78 is 21.0. The SMILES string of the molecule is O=[P+]1OCCC(c2cc(Cl)ccc2Cl)O1. The van der Waals surface area contributed by atoms with Crippen LogP contribution in [0, 0.1) is 0 Å². The predicted molar refractivity (Wildman–Crippen MR) is 58.5 cm³/mol. The predicted octanol–water partition coefficient (Wildman–Crippen LogP) is 4.13. The molecular formula is C9H8Cl2O3P+. The molecule has 0 aliphatic carbocycles. The van der Waals surface area contributed by atoms with Gasteiger partial charge in [-0.1, -0.05) is 23.2 Å². The molecule has 0 saturated carbocycles. The molecule has 2 unspecified atom stereocenters. The molecule has 0 spiro atoms. The van der Waals surface area contributed by atoms with Crippen molar-refractivity contribution >= 4 is 31.5 Å². The molecule has 1 saturated heterocycles. The highest BCUT2D eigenvalue weighted by Crippen LogP contribution is 2.42. The maximum atomic E-state index is 11.1. The van der Waals surface area contributed by atoms with Crippen molar-refractivity contribution in [2.24, 2.45) is 0 Å². The van der Waals surface area contributed by atoms with Crippen molar-refractivity contribution in [2.75, 3.05) is 6.61 Å². The van der Waals surface area contributed by atoms with Gasteiger partial charge in [0.2, 0.25) is 0 Å². The first-order valence-electron chi connectivity index (χ1n) is 4.39. The highest BCUT2D eigenvalue weighted by Gasteiger charge is 2.35. The van der Waals surface area contributed by atoms with Gasteiger partial charge >= 0.3 is 8.25 Å². The average molecular weight is 266 g/mol. The van der Waals surface area contributed by atoms with Crippen molar-refractivity contribution in [2.45, 2.75) is 12.5 Å². The molecule has 6 heteroatoms. The molecule has 0 N–H and O–H groups in total. The quantitative estimate of drug-likeness (QED) is 0.717. The van der Waals surface area contributed by atoms with Crippen molar-refractivity contribution in [1.82, 2.24) is 0 Å². The van der Waals surface area contributed by atoms with Gasteiger partial charge in [0.05, 0.1) is 0 Å². The fourth-order valence-corrected chi connectivity index (χ4v) is 2.56. The highest BCUT2D eigenvalue weighted by atomic mass is 35.5. The molecule has 2 rings (SSSR count). The zero-order valence-electron chi connectivity index (χ0n) is 7.65. The summed E-state index contributed by atoms with van der Waals surface area (Å²) in [4.78, 5) is 0. The lowest BCUT2D eigenvalue weighted by atomic mass is 10.1. The van der Waals surface area contributed by atoms with Crippen LogP contribution in [0.1, 0.15) is 18.1 Å². The van der Waals surface area contributed by atoms with Crippen molar-refractivity contribution in [3.8, 4) is 0 Å². The van der Waals surface area contributed by atoms with Gasteiger partial charge in [-0.3, -0.25) is 0 Å². The molecule has 0 aromatic heterocycles. The highest BCUT2D eigenvalue weighted by molar-refractivity contribution is 7.33. The molecule has 0 bridgehead atoms. The maximum absolute atomic E-state index is 11.1. The Hall–Kier alpha value is -0.180. The fraction of sp³-hybridized carbons (Fsp3) is 0.333. The topological polar surface area (TPSA) is 35.5 Å². The van der Waals surface area contributed by atoms with Crippen LogP contribution in [-0.4, -0.2) is 6.61 Å². The minimum atomic E-state index is -2.03. The molecule has 3 nitrogen and oxygen atoms in total. The molecule has 80 valence electrons. The fourth-order valence-electron chi connectivity index (χ4n) is 1.39. The van der Waals surface area contributed by atoms with Crippen molar-refractivity contribution in [3.05, 3.63) is 33.8 Å². The van der Waals surface area contributed by atoms with Crippen molar-refractivity contribution in [3.63, 3.8) is 0 Å². The number of rotatable bonds is 1. The van der Waals surface area contributed by atoms with E-state index in [4.69, 9.17) is 32.2 Å². The molecule has 15 heavy (non-hydrogen) atoms. The Morgan fingerprint density at radius 2 is 2.20 bits per heavy atom. The number of halogens is 2. The summed E-state index contributed by atoms with van der Waals surface area (Å²) in [5, 5.41) is 1.15. The van der Waals surface area contributed by atoms with Crippen LogP contribution in [0.3, 0.4) is 0 Å². The summed E-state index contributed by atoms with van der Waals surface area (Å²) in [5.41, 5.74) is 0.760. The standard InChI is InChI=1S/C9H8Cl2O3P/c10-6-1-2-8(11)7(5-6)9-3-4-13-15(12)14-9/h1-2,5,9H,3-4H2/q+1. The Bertz CT molecular complexity index is 397. The van der Waals surface area contributed by atoms with Gasteiger partial charge in [-0.2, -0.15) is 0 Å². The molecule has 0 amide bonds. The van der Waals surface area contributed by atoms with E-state index in [0.29, 0.717) is 23.1 Å². The Morgan fingerprint density at radius 3 is 2.93 bits per heavy atom. The molecule has 2 atom stereocenters. The third-order valence-electron chi connectivity index (χ3n) is 2.09. The van der Waals surface area contributed by atoms with E-state index >= 15 is 0 Å². The van der Waals surface area contributed by atoms with Crippen LogP contribution in [0.15, 0.2) is 18.2 Å². The first kappa shape index (κ1) is 11.3. The van der Waals surface area contributed by atoms with Gasteiger partial charge in [-0.25, -0.2) is 0 Å². The van der Waals surface area contributed by atoms with E-state index in [1.807, 2.05) is 0 Å². The molecule has 1 fully saturated rings. The summed E-state index contributed by atoms with van der Waals surface area (Å²) in [5.74, 6) is 0. The Kier molecular flexibility index (Phi) is 3.60. The van der Waals surface area contributed by atoms with E-state index < -0.39 is 8.25 Å². The van der Waals surface area contributed by atoms with Crippen LogP contribution in [0.4, 0.5) is 0 Å². The Balaban J connectivity index is 2.27. The second-order valence-electron chi connectivity index (χ2n) is 3.11. The lowest BCUT2D eigenvalue weighted by molar-refractivity contribution is 0.0969. The molecular weight excluding hydrogens is 258 g/mol. The van der Waals surface area contributed by atoms with Crippen LogP contribution >= 0.6 is 31.5 Å². The number of benzene rings is 1. The third-order valence-corrected chi connectivity index (χ3v) is 3.49. The van der Waals surface area contributed by atoms with Gasteiger partial charge in [-0.15, -0.1) is 9.05 Å². The first-order chi connectivity index (χ1) is 7.16. The van der Waals surface area contributed by atoms with Crippen molar-refractivity contribution in [1.29, 1.82) is 0 Å². The average Bonchev–Trinajstić information content (AvgIpc) is 2.22. The smallest absolute Gasteiger partial charge is 0.119 e. The summed E-state index contributed by atoms with van der Waals surface area (Å²) >= 11 is 11.9. The molecule has 0 radical (unpaired) electrons. The van der Waals surface area contributed by atoms with E-state index in [-0.39, 0.29) is 6.10 Å². The van der Waals surface area contributed by atoms with Gasteiger partial charge in [0.1, 0.15) is 12.7 Å². The van der Waals surface area contributed by atoms with Crippen LogP contribution in [0.5, 0.6) is 0 Å². The second-order valence-corrected chi connectivity index (χ2v) is 4.87. The van der Waals surface area contributed by atoms with Gasteiger partial charge in [0.25, 0.3) is 0 Å². The maximum Gasteiger partial charge on any atom is 0.698 e. The largest absolute Gasteiger partial charge is 0.698 e. The minimum absolute atomic E-state index is 0.298. The lowest BCUT2D eigenvalue weighted by Gasteiger charge is -2.14. The van der Waals surface area contributed by atoms with Crippen LogP contribution in [0.25, 0.3) is 0 Å². The zero-order valence-corrected chi connectivity index (χ0v) is 10.1. The van der Waals surface area contributed by atoms with Crippen LogP contribution < -0.4 is 0 Å². The molecule has 1 aliphatic rings. The third kappa shape index (κ3) is 2.68. The number of hydrogen-bond acceptors (Lipinski definition) is 3. The monoisotopic (exact) mass is 265 g/mol. The second kappa shape index (κ2) is 4.77. The summed E-state index contributed by atoms with van der Waals surface area (Å²) in [7, 11) is -2.03. The van der Waals surface area contributed by atoms with E-state index in [0.717, 1.165) is 5.56 Å². The molecule has 1 aromatic rings. The molecule has 1 aliphatic heterocycles. The van der Waals surface area contributed by atoms with Crippen LogP contribution in [-0.2, 0) is 13.6 Å². The van der Waals surface area contributed by atoms with Gasteiger partial charge in [0, 0.05) is 26.6 Å². The van der Waals surface area contributed by atoms with Gasteiger partial charge in [-0.05, 0) is 18.2 Å². The van der Waals surface area contributed by atoms with Gasteiger partial charge < -0.3 is 0 Å². The van der Waals surface area contributed by atoms with Gasteiger partial charge in [0.15, 0.2) is 0 Å². The summed E-state index contributed by atoms with van der Waals surface area (Å²) in [6.07, 6.45) is 0.328. The number of hydrogen-bond donors (Lipinski definition) is 0. The lowest BCUT2D eigenvalue weighted by Crippen LogP contribution is -2.09. The first-order valence-corrected chi connectivity index (χ1v) is 6.24. The van der Waals surface area contributed by atoms with Crippen molar-refractivity contribution < 1.29 is 13.6 Å². The van der Waals surface area contributed by atoms with E-state index in [9.17, 15) is 4.57 Å². The zero-order chi connectivity index (χ0) is 10.8. The Labute approximate surface area is 98.2 Å². The minimum Gasteiger partial charge on any atom is -0.119 e. The molecule has 1 heterocycles. The van der Waals surface area contributed by atoms with Crippen LogP contribution in [0.2, 0.25) is 10.0 Å². The molecule has 1 aromatic carbocycles. The van der Waals surface area contributed by atoms with E-state index in [1.54, 1.807) is 18.2 Å². The van der Waals surface area contributed by atoms with E-state index in [2.05, 4.69) is 0 Å². The normalized spacial score (nSPS) is 24.1.